The number of rotatable bonds is 6. The predicted molar refractivity (Wildman–Crippen MR) is 98.1 cm³/mol. The molecule has 2 unspecified atom stereocenters. The summed E-state index contributed by atoms with van der Waals surface area (Å²) in [6, 6.07) is 7.27. The van der Waals surface area contributed by atoms with E-state index in [0.29, 0.717) is 6.42 Å². The Labute approximate surface area is 164 Å². The molecule has 152 valence electrons. The van der Waals surface area contributed by atoms with Crippen LogP contribution >= 0.6 is 0 Å². The summed E-state index contributed by atoms with van der Waals surface area (Å²) in [6.07, 6.45) is 0.614. The molecule has 2 aliphatic rings. The van der Waals surface area contributed by atoms with E-state index < -0.39 is 29.7 Å². The molecule has 0 amide bonds. The number of carbonyl (C=O) groups is 3. The van der Waals surface area contributed by atoms with Gasteiger partial charge in [-0.3, -0.25) is 14.4 Å². The maximum Gasteiger partial charge on any atom is 0.309 e. The van der Waals surface area contributed by atoms with Crippen molar-refractivity contribution in [3.63, 3.8) is 0 Å². The Kier molecular flexibility index (Phi) is 5.91. The van der Waals surface area contributed by atoms with E-state index >= 15 is 0 Å². The van der Waals surface area contributed by atoms with Gasteiger partial charge in [-0.15, -0.1) is 0 Å². The van der Waals surface area contributed by atoms with Crippen LogP contribution in [0.4, 0.5) is 0 Å². The lowest BCUT2D eigenvalue weighted by atomic mass is 9.68. The number of carbonyl (C=O) groups excluding carboxylic acids is 3. The van der Waals surface area contributed by atoms with Gasteiger partial charge in [0.2, 0.25) is 0 Å². The van der Waals surface area contributed by atoms with Gasteiger partial charge >= 0.3 is 17.9 Å². The number of esters is 3. The molecule has 0 heterocycles. The molecule has 0 aromatic heterocycles. The number of hydrogen-bond donors (Lipinski definition) is 0. The summed E-state index contributed by atoms with van der Waals surface area (Å²) in [5.74, 6) is -2.62. The highest BCUT2D eigenvalue weighted by Crippen LogP contribution is 2.59. The van der Waals surface area contributed by atoms with Gasteiger partial charge in [-0.1, -0.05) is 19.1 Å². The van der Waals surface area contributed by atoms with Crippen molar-refractivity contribution in [3.05, 3.63) is 29.8 Å². The first-order valence-electron chi connectivity index (χ1n) is 9.38. The first-order valence-corrected chi connectivity index (χ1v) is 9.38. The van der Waals surface area contributed by atoms with Crippen molar-refractivity contribution in [1.82, 2.24) is 0 Å². The molecule has 0 spiro atoms. The smallest absolute Gasteiger partial charge is 0.309 e. The van der Waals surface area contributed by atoms with Crippen LogP contribution in [0.15, 0.2) is 24.3 Å². The van der Waals surface area contributed by atoms with Crippen molar-refractivity contribution < 1.29 is 33.3 Å². The Morgan fingerprint density at radius 3 is 1.96 bits per heavy atom. The summed E-state index contributed by atoms with van der Waals surface area (Å²) < 4.78 is 20.5. The Hall–Kier alpha value is -2.57. The third kappa shape index (κ3) is 3.45. The third-order valence-electron chi connectivity index (χ3n) is 6.32. The van der Waals surface area contributed by atoms with Gasteiger partial charge in [-0.2, -0.15) is 0 Å². The van der Waals surface area contributed by atoms with E-state index in [2.05, 4.69) is 0 Å². The van der Waals surface area contributed by atoms with E-state index in [0.717, 1.165) is 11.3 Å². The van der Waals surface area contributed by atoms with Gasteiger partial charge in [-0.25, -0.2) is 0 Å². The highest BCUT2D eigenvalue weighted by Gasteiger charge is 2.64. The Balaban J connectivity index is 1.72. The van der Waals surface area contributed by atoms with Crippen LogP contribution in [0.1, 0.15) is 18.9 Å². The SMILES string of the molecule is COC(=O)[C@@H]1C2CC([C@@H](C(=O)OCc3ccc(OC)cc3)[C@@H]2C)[C@@H]1C(=O)OC. The average molecular weight is 390 g/mol. The van der Waals surface area contributed by atoms with Crippen LogP contribution in [0.25, 0.3) is 0 Å². The second kappa shape index (κ2) is 8.20. The van der Waals surface area contributed by atoms with Crippen LogP contribution in [-0.2, 0) is 35.2 Å². The van der Waals surface area contributed by atoms with E-state index in [-0.39, 0.29) is 30.3 Å². The Morgan fingerprint density at radius 2 is 1.43 bits per heavy atom. The quantitative estimate of drug-likeness (QED) is 0.544. The van der Waals surface area contributed by atoms with Crippen LogP contribution in [0.2, 0.25) is 0 Å². The normalized spacial score (nSPS) is 30.6. The standard InChI is InChI=1S/C21H26O7/c1-11-14-9-15(18(20(23)27-4)17(14)19(22)26-3)16(11)21(24)28-10-12-5-7-13(25-2)8-6-12/h5-8,11,14-18H,9-10H2,1-4H3/t11-,14?,15?,16+,17-,18+/m1/s1. The fourth-order valence-electron chi connectivity index (χ4n) is 4.98. The van der Waals surface area contributed by atoms with Crippen LogP contribution < -0.4 is 4.74 Å². The third-order valence-corrected chi connectivity index (χ3v) is 6.32. The number of fused-ring (bicyclic) bond motifs is 2. The number of benzene rings is 1. The number of methoxy groups -OCH3 is 3. The zero-order chi connectivity index (χ0) is 20.4. The van der Waals surface area contributed by atoms with Crippen molar-refractivity contribution >= 4 is 17.9 Å². The summed E-state index contributed by atoms with van der Waals surface area (Å²) in [5.41, 5.74) is 0.849. The van der Waals surface area contributed by atoms with E-state index in [1.807, 2.05) is 19.1 Å². The molecule has 2 bridgehead atoms. The molecule has 0 saturated heterocycles. The minimum Gasteiger partial charge on any atom is -0.497 e. The van der Waals surface area contributed by atoms with Gasteiger partial charge in [0, 0.05) is 0 Å². The van der Waals surface area contributed by atoms with Gasteiger partial charge in [0.25, 0.3) is 0 Å². The van der Waals surface area contributed by atoms with Crippen molar-refractivity contribution in [2.24, 2.45) is 35.5 Å². The highest BCUT2D eigenvalue weighted by molar-refractivity contribution is 5.86. The molecule has 28 heavy (non-hydrogen) atoms. The average Bonchev–Trinajstić information content (AvgIpc) is 3.26. The molecule has 0 radical (unpaired) electrons. The van der Waals surface area contributed by atoms with E-state index in [1.165, 1.54) is 14.2 Å². The Morgan fingerprint density at radius 1 is 0.857 bits per heavy atom. The van der Waals surface area contributed by atoms with E-state index in [4.69, 9.17) is 18.9 Å². The summed E-state index contributed by atoms with van der Waals surface area (Å²) in [6.45, 7) is 2.08. The van der Waals surface area contributed by atoms with Crippen molar-refractivity contribution in [2.45, 2.75) is 20.0 Å². The lowest BCUT2D eigenvalue weighted by Crippen LogP contribution is -2.45. The molecule has 3 rings (SSSR count). The highest BCUT2D eigenvalue weighted by atomic mass is 16.5. The summed E-state index contributed by atoms with van der Waals surface area (Å²) in [4.78, 5) is 37.4. The molecule has 1 aromatic rings. The monoisotopic (exact) mass is 390 g/mol. The summed E-state index contributed by atoms with van der Waals surface area (Å²) in [7, 11) is 4.20. The van der Waals surface area contributed by atoms with Gasteiger partial charge < -0.3 is 18.9 Å². The minimum atomic E-state index is -0.669. The first-order chi connectivity index (χ1) is 13.4. The van der Waals surface area contributed by atoms with Gasteiger partial charge in [0.15, 0.2) is 0 Å². The van der Waals surface area contributed by atoms with Crippen LogP contribution in [0.3, 0.4) is 0 Å². The molecule has 1 aromatic carbocycles. The van der Waals surface area contributed by atoms with Gasteiger partial charge in [0.05, 0.1) is 39.1 Å². The molecular formula is C21H26O7. The number of hydrogen-bond acceptors (Lipinski definition) is 7. The van der Waals surface area contributed by atoms with Crippen molar-refractivity contribution in [1.29, 1.82) is 0 Å². The van der Waals surface area contributed by atoms with Crippen molar-refractivity contribution in [2.75, 3.05) is 21.3 Å². The molecule has 7 heteroatoms. The zero-order valence-electron chi connectivity index (χ0n) is 16.5. The lowest BCUT2D eigenvalue weighted by Gasteiger charge is -2.35. The van der Waals surface area contributed by atoms with Crippen LogP contribution in [-0.4, -0.2) is 39.2 Å². The molecule has 2 saturated carbocycles. The maximum absolute atomic E-state index is 12.8. The predicted octanol–water partition coefficient (Wildman–Crippen LogP) is 2.22. The maximum atomic E-state index is 12.8. The van der Waals surface area contributed by atoms with Crippen LogP contribution in [0, 0.1) is 35.5 Å². The van der Waals surface area contributed by atoms with Gasteiger partial charge in [0.1, 0.15) is 12.4 Å². The molecule has 0 aliphatic heterocycles. The van der Waals surface area contributed by atoms with E-state index in [1.54, 1.807) is 19.2 Å². The molecule has 2 aliphatic carbocycles. The second-order valence-electron chi connectivity index (χ2n) is 7.50. The molecule has 0 N–H and O–H groups in total. The fourth-order valence-corrected chi connectivity index (χ4v) is 4.98. The zero-order valence-corrected chi connectivity index (χ0v) is 16.5. The number of ether oxygens (including phenoxy) is 4. The van der Waals surface area contributed by atoms with Crippen LogP contribution in [0.5, 0.6) is 5.75 Å². The largest absolute Gasteiger partial charge is 0.497 e. The molecule has 2 fully saturated rings. The van der Waals surface area contributed by atoms with E-state index in [9.17, 15) is 14.4 Å². The second-order valence-corrected chi connectivity index (χ2v) is 7.50. The minimum absolute atomic E-state index is 0.0710. The van der Waals surface area contributed by atoms with Crippen molar-refractivity contribution in [3.8, 4) is 5.75 Å². The summed E-state index contributed by atoms with van der Waals surface area (Å²) >= 11 is 0. The first kappa shape index (κ1) is 20.2. The van der Waals surface area contributed by atoms with Gasteiger partial charge in [-0.05, 0) is 41.9 Å². The lowest BCUT2D eigenvalue weighted by molar-refractivity contribution is -0.168. The molecular weight excluding hydrogens is 364 g/mol. The fraction of sp³-hybridized carbons (Fsp3) is 0.571. The topological polar surface area (TPSA) is 88.1 Å². The summed E-state index contributed by atoms with van der Waals surface area (Å²) in [5, 5.41) is 0. The Bertz CT molecular complexity index is 742. The molecule has 7 nitrogen and oxygen atoms in total. The molecule has 6 atom stereocenters.